The van der Waals surface area contributed by atoms with Crippen LogP contribution in [0.4, 0.5) is 0 Å². The Balaban J connectivity index is 1.82. The maximum atomic E-state index is 9.72. The standard InChI is InChI=1S/C23H18Cl2N2O/c24-17-8-4-14(5-9-17)12-16-2-1-3-19-21(15-6-10-18(25)11-7-15)20(13-26)23(27)28-22(16)19/h4-12,21H,1-3,27H2/b16-12+/t21-/m0/s1. The molecule has 2 aromatic carbocycles. The molecule has 0 radical (unpaired) electrons. The number of benzene rings is 2. The summed E-state index contributed by atoms with van der Waals surface area (Å²) in [7, 11) is 0. The largest absolute Gasteiger partial charge is 0.440 e. The lowest BCUT2D eigenvalue weighted by atomic mass is 9.77. The van der Waals surface area contributed by atoms with Gasteiger partial charge in [0.15, 0.2) is 0 Å². The van der Waals surface area contributed by atoms with Gasteiger partial charge in [-0.25, -0.2) is 0 Å². The summed E-state index contributed by atoms with van der Waals surface area (Å²) in [6.07, 6.45) is 4.85. The average Bonchev–Trinajstić information content (AvgIpc) is 2.70. The van der Waals surface area contributed by atoms with E-state index in [1.807, 2.05) is 48.5 Å². The van der Waals surface area contributed by atoms with Crippen LogP contribution in [0.15, 0.2) is 76.9 Å². The van der Waals surface area contributed by atoms with Gasteiger partial charge in [0.2, 0.25) is 5.88 Å². The first-order valence-electron chi connectivity index (χ1n) is 9.09. The first kappa shape index (κ1) is 18.7. The van der Waals surface area contributed by atoms with E-state index in [1.54, 1.807) is 0 Å². The molecular formula is C23H18Cl2N2O. The summed E-state index contributed by atoms with van der Waals surface area (Å²) in [5, 5.41) is 11.1. The molecule has 28 heavy (non-hydrogen) atoms. The Kier molecular flexibility index (Phi) is 5.17. The number of nitrogens with two attached hydrogens (primary N) is 1. The third kappa shape index (κ3) is 3.54. The lowest BCUT2D eigenvalue weighted by molar-refractivity contribution is 0.277. The number of hydrogen-bond acceptors (Lipinski definition) is 3. The number of allylic oxidation sites excluding steroid dienone is 3. The van der Waals surface area contributed by atoms with Crippen LogP contribution >= 0.6 is 23.2 Å². The predicted octanol–water partition coefficient (Wildman–Crippen LogP) is 6.32. The van der Waals surface area contributed by atoms with Crippen LogP contribution in [0.5, 0.6) is 0 Å². The van der Waals surface area contributed by atoms with Gasteiger partial charge in [-0.1, -0.05) is 47.5 Å². The number of ether oxygens (including phenoxy) is 1. The molecule has 2 aromatic rings. The quantitative estimate of drug-likeness (QED) is 0.631. The van der Waals surface area contributed by atoms with Crippen molar-refractivity contribution >= 4 is 29.3 Å². The molecule has 0 aromatic heterocycles. The Morgan fingerprint density at radius 2 is 1.64 bits per heavy atom. The van der Waals surface area contributed by atoms with E-state index in [2.05, 4.69) is 12.1 Å². The Morgan fingerprint density at radius 3 is 2.29 bits per heavy atom. The molecule has 0 amide bonds. The summed E-state index contributed by atoms with van der Waals surface area (Å²) in [6, 6.07) is 17.5. The Labute approximate surface area is 174 Å². The van der Waals surface area contributed by atoms with Crippen LogP contribution in [0.3, 0.4) is 0 Å². The lowest BCUT2D eigenvalue weighted by Gasteiger charge is -2.33. The van der Waals surface area contributed by atoms with Gasteiger partial charge in [-0.3, -0.25) is 0 Å². The molecular weight excluding hydrogens is 391 g/mol. The molecule has 1 heterocycles. The van der Waals surface area contributed by atoms with Gasteiger partial charge in [0, 0.05) is 16.0 Å². The summed E-state index contributed by atoms with van der Waals surface area (Å²) in [6.45, 7) is 0. The zero-order valence-corrected chi connectivity index (χ0v) is 16.6. The first-order chi connectivity index (χ1) is 13.6. The first-order valence-corrected chi connectivity index (χ1v) is 9.85. The van der Waals surface area contributed by atoms with E-state index in [0.29, 0.717) is 15.6 Å². The Bertz CT molecular complexity index is 1040. The third-order valence-electron chi connectivity index (χ3n) is 5.12. The van der Waals surface area contributed by atoms with Crippen LogP contribution in [-0.2, 0) is 4.74 Å². The maximum absolute atomic E-state index is 9.72. The fraction of sp³-hybridized carbons (Fsp3) is 0.174. The molecule has 4 rings (SSSR count). The minimum absolute atomic E-state index is 0.171. The van der Waals surface area contributed by atoms with Crippen LogP contribution in [0.1, 0.15) is 36.3 Å². The zero-order chi connectivity index (χ0) is 19.7. The second kappa shape index (κ2) is 7.75. The van der Waals surface area contributed by atoms with Gasteiger partial charge >= 0.3 is 0 Å². The highest BCUT2D eigenvalue weighted by Gasteiger charge is 2.35. The normalized spacial score (nSPS) is 20.6. The predicted molar refractivity (Wildman–Crippen MR) is 112 cm³/mol. The summed E-state index contributed by atoms with van der Waals surface area (Å²) in [5.41, 5.74) is 10.8. The fourth-order valence-electron chi connectivity index (χ4n) is 3.83. The van der Waals surface area contributed by atoms with Crippen molar-refractivity contribution < 1.29 is 4.74 Å². The minimum atomic E-state index is -0.208. The van der Waals surface area contributed by atoms with Gasteiger partial charge in [-0.05, 0) is 71.9 Å². The summed E-state index contributed by atoms with van der Waals surface area (Å²) in [4.78, 5) is 0. The molecule has 2 aliphatic rings. The Morgan fingerprint density at radius 1 is 1.00 bits per heavy atom. The molecule has 1 atom stereocenters. The van der Waals surface area contributed by atoms with Crippen LogP contribution < -0.4 is 5.73 Å². The van der Waals surface area contributed by atoms with Crippen LogP contribution in [0.2, 0.25) is 10.0 Å². The van der Waals surface area contributed by atoms with Crippen LogP contribution in [-0.4, -0.2) is 0 Å². The molecule has 0 fully saturated rings. The van der Waals surface area contributed by atoms with Crippen molar-refractivity contribution in [3.05, 3.63) is 98.1 Å². The monoisotopic (exact) mass is 408 g/mol. The van der Waals surface area contributed by atoms with Crippen molar-refractivity contribution in [2.24, 2.45) is 5.73 Å². The fourth-order valence-corrected chi connectivity index (χ4v) is 4.08. The third-order valence-corrected chi connectivity index (χ3v) is 5.63. The molecule has 1 aliphatic heterocycles. The topological polar surface area (TPSA) is 59.0 Å². The van der Waals surface area contributed by atoms with Gasteiger partial charge in [0.05, 0.1) is 0 Å². The van der Waals surface area contributed by atoms with Crippen molar-refractivity contribution in [1.82, 2.24) is 0 Å². The van der Waals surface area contributed by atoms with E-state index in [1.165, 1.54) is 0 Å². The van der Waals surface area contributed by atoms with Crippen molar-refractivity contribution in [3.8, 4) is 6.07 Å². The Hall–Kier alpha value is -2.67. The van der Waals surface area contributed by atoms with Crippen LogP contribution in [0.25, 0.3) is 6.08 Å². The van der Waals surface area contributed by atoms with Gasteiger partial charge in [-0.15, -0.1) is 0 Å². The summed E-state index contributed by atoms with van der Waals surface area (Å²) in [5.74, 6) is 0.752. The molecule has 0 bridgehead atoms. The van der Waals surface area contributed by atoms with E-state index < -0.39 is 0 Å². The average molecular weight is 409 g/mol. The lowest BCUT2D eigenvalue weighted by Crippen LogP contribution is -2.23. The highest BCUT2D eigenvalue weighted by atomic mass is 35.5. The number of nitrogens with zero attached hydrogens (tertiary/aromatic N) is 1. The summed E-state index contributed by atoms with van der Waals surface area (Å²) >= 11 is 12.1. The highest BCUT2D eigenvalue weighted by Crippen LogP contribution is 2.46. The molecule has 140 valence electrons. The summed E-state index contributed by atoms with van der Waals surface area (Å²) < 4.78 is 5.97. The van der Waals surface area contributed by atoms with E-state index in [9.17, 15) is 5.26 Å². The number of rotatable bonds is 2. The zero-order valence-electron chi connectivity index (χ0n) is 15.1. The smallest absolute Gasteiger partial charge is 0.205 e. The van der Waals surface area contributed by atoms with Crippen molar-refractivity contribution in [1.29, 1.82) is 5.26 Å². The minimum Gasteiger partial charge on any atom is -0.440 e. The molecule has 0 unspecified atom stereocenters. The van der Waals surface area contributed by atoms with Crippen LogP contribution in [0, 0.1) is 11.3 Å². The van der Waals surface area contributed by atoms with Gasteiger partial charge in [0.25, 0.3) is 0 Å². The van der Waals surface area contributed by atoms with Crippen molar-refractivity contribution in [3.63, 3.8) is 0 Å². The number of halogens is 2. The highest BCUT2D eigenvalue weighted by molar-refractivity contribution is 6.30. The molecule has 3 nitrogen and oxygen atoms in total. The van der Waals surface area contributed by atoms with Gasteiger partial charge in [-0.2, -0.15) is 5.26 Å². The number of nitriles is 1. The van der Waals surface area contributed by atoms with E-state index in [4.69, 9.17) is 33.7 Å². The van der Waals surface area contributed by atoms with E-state index >= 15 is 0 Å². The molecule has 1 aliphatic carbocycles. The number of hydrogen-bond donors (Lipinski definition) is 1. The van der Waals surface area contributed by atoms with E-state index in [0.717, 1.165) is 47.3 Å². The molecule has 0 spiro atoms. The molecule has 2 N–H and O–H groups in total. The second-order valence-corrected chi connectivity index (χ2v) is 7.78. The molecule has 0 saturated carbocycles. The van der Waals surface area contributed by atoms with Gasteiger partial charge in [0.1, 0.15) is 17.4 Å². The SMILES string of the molecule is N#CC1=C(N)OC2=C(CCC/C2=C\c2ccc(Cl)cc2)[C@@H]1c1ccc(Cl)cc1. The van der Waals surface area contributed by atoms with E-state index in [-0.39, 0.29) is 11.8 Å². The second-order valence-electron chi connectivity index (χ2n) is 6.91. The molecule has 5 heteroatoms. The van der Waals surface area contributed by atoms with Gasteiger partial charge < -0.3 is 10.5 Å². The van der Waals surface area contributed by atoms with Crippen molar-refractivity contribution in [2.75, 3.05) is 0 Å². The maximum Gasteiger partial charge on any atom is 0.205 e. The molecule has 0 saturated heterocycles. The van der Waals surface area contributed by atoms with Crippen molar-refractivity contribution in [2.45, 2.75) is 25.2 Å².